The third kappa shape index (κ3) is 7.62. The monoisotopic (exact) mass is 699 g/mol. The third-order valence-electron chi connectivity index (χ3n) is 7.65. The van der Waals surface area contributed by atoms with Gasteiger partial charge in [-0.05, 0) is 86.4 Å². The predicted octanol–water partition coefficient (Wildman–Crippen LogP) is 5.43. The second-order valence-corrected chi connectivity index (χ2v) is 11.9. The maximum absolute atomic E-state index is 14.2. The van der Waals surface area contributed by atoms with E-state index < -0.39 is 16.9 Å². The Labute approximate surface area is 292 Å². The highest BCUT2D eigenvalue weighted by Gasteiger charge is 2.31. The van der Waals surface area contributed by atoms with E-state index in [1.807, 2.05) is 26.8 Å². The van der Waals surface area contributed by atoms with Gasteiger partial charge in [0.15, 0.2) is 27.8 Å². The Hall–Kier alpha value is -5.69. The summed E-state index contributed by atoms with van der Waals surface area (Å²) in [4.78, 5) is 42.6. The summed E-state index contributed by atoms with van der Waals surface area (Å²) in [7, 11) is 1.28. The lowest BCUT2D eigenvalue weighted by Gasteiger charge is -2.23. The maximum atomic E-state index is 14.2. The molecule has 0 bridgehead atoms. The SMILES string of the molecule is C=CCc1cc(/C=c2\sc3n(c2=O)[C@H](c2ccc(OCC)c(OCC)c2)C(C(=O)OC)=CN=3)cc(OCC)c1OCc1ccc([N+](=O)[O-])cc1. The van der Waals surface area contributed by atoms with Crippen LogP contribution in [0.15, 0.2) is 88.8 Å². The summed E-state index contributed by atoms with van der Waals surface area (Å²) >= 11 is 1.19. The van der Waals surface area contributed by atoms with Crippen LogP contribution < -0.4 is 33.8 Å². The lowest BCUT2D eigenvalue weighted by molar-refractivity contribution is -0.384. The van der Waals surface area contributed by atoms with Crippen molar-refractivity contribution >= 4 is 29.1 Å². The number of nitrogens with zero attached hydrogens (tertiary/aromatic N) is 3. The van der Waals surface area contributed by atoms with Gasteiger partial charge in [0.2, 0.25) is 0 Å². The predicted molar refractivity (Wildman–Crippen MR) is 189 cm³/mol. The topological polar surface area (TPSA) is 141 Å². The molecular weight excluding hydrogens is 662 g/mol. The van der Waals surface area contributed by atoms with Crippen LogP contribution in [-0.4, -0.2) is 42.4 Å². The van der Waals surface area contributed by atoms with Crippen molar-refractivity contribution in [2.75, 3.05) is 26.9 Å². The number of aromatic nitrogens is 1. The van der Waals surface area contributed by atoms with Crippen LogP contribution in [0.25, 0.3) is 6.08 Å². The number of thiazole rings is 1. The summed E-state index contributed by atoms with van der Waals surface area (Å²) in [5.41, 5.74) is 2.67. The van der Waals surface area contributed by atoms with E-state index in [2.05, 4.69) is 11.6 Å². The van der Waals surface area contributed by atoms with Crippen LogP contribution in [0.5, 0.6) is 23.0 Å². The van der Waals surface area contributed by atoms with Gasteiger partial charge >= 0.3 is 5.97 Å². The number of rotatable bonds is 15. The number of hydrogen-bond acceptors (Lipinski definition) is 11. The summed E-state index contributed by atoms with van der Waals surface area (Å²) in [6, 6.07) is 14.3. The molecule has 4 aromatic rings. The highest BCUT2D eigenvalue weighted by Crippen LogP contribution is 2.36. The highest BCUT2D eigenvalue weighted by molar-refractivity contribution is 7.07. The first-order chi connectivity index (χ1) is 24.2. The molecule has 12 nitrogen and oxygen atoms in total. The van der Waals surface area contributed by atoms with E-state index in [0.29, 0.717) is 69.7 Å². The lowest BCUT2D eigenvalue weighted by Crippen LogP contribution is -2.39. The summed E-state index contributed by atoms with van der Waals surface area (Å²) in [6.07, 6.45) is 5.38. The number of esters is 1. The van der Waals surface area contributed by atoms with E-state index in [1.165, 1.54) is 41.3 Å². The van der Waals surface area contributed by atoms with E-state index in [9.17, 15) is 19.7 Å². The molecule has 13 heteroatoms. The fourth-order valence-electron chi connectivity index (χ4n) is 5.51. The Kier molecular flexibility index (Phi) is 11.5. The Morgan fingerprint density at radius 3 is 2.34 bits per heavy atom. The summed E-state index contributed by atoms with van der Waals surface area (Å²) < 4.78 is 30.7. The van der Waals surface area contributed by atoms with Crippen molar-refractivity contribution in [2.45, 2.75) is 39.8 Å². The number of nitro groups is 1. The number of hydrogen-bond donors (Lipinski definition) is 0. The molecule has 3 aromatic carbocycles. The smallest absolute Gasteiger partial charge is 0.337 e. The van der Waals surface area contributed by atoms with Crippen LogP contribution in [0.3, 0.4) is 0 Å². The molecule has 5 rings (SSSR count). The third-order valence-corrected chi connectivity index (χ3v) is 8.65. The largest absolute Gasteiger partial charge is 0.490 e. The van der Waals surface area contributed by atoms with Crippen LogP contribution in [-0.2, 0) is 22.6 Å². The van der Waals surface area contributed by atoms with Crippen molar-refractivity contribution in [1.82, 2.24) is 4.57 Å². The van der Waals surface area contributed by atoms with Gasteiger partial charge in [0, 0.05) is 23.9 Å². The number of allylic oxidation sites excluding steroid dienone is 1. The quantitative estimate of drug-likeness (QED) is 0.0688. The molecule has 0 N–H and O–H groups in total. The van der Waals surface area contributed by atoms with E-state index >= 15 is 0 Å². The first-order valence-corrected chi connectivity index (χ1v) is 16.8. The van der Waals surface area contributed by atoms with Crippen molar-refractivity contribution in [3.8, 4) is 23.0 Å². The molecule has 1 aliphatic heterocycles. The van der Waals surface area contributed by atoms with Gasteiger partial charge in [-0.15, -0.1) is 6.58 Å². The molecule has 1 atom stereocenters. The van der Waals surface area contributed by atoms with Gasteiger partial charge in [-0.1, -0.05) is 23.5 Å². The van der Waals surface area contributed by atoms with Crippen LogP contribution in [0.1, 0.15) is 49.1 Å². The van der Waals surface area contributed by atoms with Gasteiger partial charge in [0.05, 0.1) is 48.0 Å². The van der Waals surface area contributed by atoms with Crippen LogP contribution in [0.2, 0.25) is 0 Å². The first-order valence-electron chi connectivity index (χ1n) is 16.0. The number of benzene rings is 3. The average Bonchev–Trinajstić information content (AvgIpc) is 3.42. The van der Waals surface area contributed by atoms with E-state index in [0.717, 1.165) is 11.1 Å². The van der Waals surface area contributed by atoms with Gasteiger partial charge < -0.3 is 23.7 Å². The molecule has 0 saturated heterocycles. The van der Waals surface area contributed by atoms with E-state index in [4.69, 9.17) is 23.7 Å². The molecule has 0 spiro atoms. The van der Waals surface area contributed by atoms with E-state index in [1.54, 1.807) is 48.6 Å². The summed E-state index contributed by atoms with van der Waals surface area (Å²) in [5, 5.41) is 11.1. The van der Waals surface area contributed by atoms with E-state index in [-0.39, 0.29) is 23.4 Å². The zero-order valence-corrected chi connectivity index (χ0v) is 29.0. The number of fused-ring (bicyclic) bond motifs is 1. The Morgan fingerprint density at radius 2 is 1.68 bits per heavy atom. The lowest BCUT2D eigenvalue weighted by atomic mass is 9.97. The van der Waals surface area contributed by atoms with Crippen molar-refractivity contribution in [3.05, 3.63) is 131 Å². The molecule has 260 valence electrons. The molecule has 1 aliphatic rings. The van der Waals surface area contributed by atoms with Gasteiger partial charge in [-0.25, -0.2) is 9.79 Å². The normalized spacial score (nSPS) is 13.8. The molecule has 50 heavy (non-hydrogen) atoms. The van der Waals surface area contributed by atoms with Gasteiger partial charge in [-0.2, -0.15) is 0 Å². The number of non-ortho nitro benzene ring substituents is 1. The minimum atomic E-state index is -0.832. The standard InChI is InChI=1S/C37H37N3O9S/c1-6-10-26-17-24(18-31(48-9-4)34(26)49-22-23-11-14-27(15-12-23)40(43)44)19-32-35(41)39-33(28(36(42)45-5)21-38-37(39)50-32)25-13-16-29(46-7-2)30(20-25)47-8-3/h6,11-21,33H,1,7-10,22H2,2-5H3/b32-19-/t33-/m1/s1. The molecule has 2 heterocycles. The van der Waals surface area contributed by atoms with Gasteiger partial charge in [0.1, 0.15) is 6.61 Å². The van der Waals surface area contributed by atoms with Crippen LogP contribution >= 0.6 is 11.3 Å². The fraction of sp³-hybridized carbons (Fsp3) is 0.270. The average molecular weight is 700 g/mol. The molecule has 1 aromatic heterocycles. The van der Waals surface area contributed by atoms with Crippen molar-refractivity contribution in [3.63, 3.8) is 0 Å². The number of carbonyl (C=O) groups excluding carboxylic acids is 1. The molecular formula is C37H37N3O9S. The molecule has 0 aliphatic carbocycles. The number of carbonyl (C=O) groups is 1. The maximum Gasteiger partial charge on any atom is 0.337 e. The number of nitro benzene ring substituents is 1. The minimum Gasteiger partial charge on any atom is -0.490 e. The molecule has 0 radical (unpaired) electrons. The van der Waals surface area contributed by atoms with Crippen molar-refractivity contribution in [1.29, 1.82) is 0 Å². The second kappa shape index (κ2) is 16.1. The fourth-order valence-corrected chi connectivity index (χ4v) is 6.48. The number of methoxy groups -OCH3 is 1. The number of ether oxygens (including phenoxy) is 5. The first kappa shape index (κ1) is 35.6. The molecule has 0 saturated carbocycles. The Morgan fingerprint density at radius 1 is 0.980 bits per heavy atom. The zero-order valence-electron chi connectivity index (χ0n) is 28.2. The van der Waals surface area contributed by atoms with Gasteiger partial charge in [-0.3, -0.25) is 19.5 Å². The minimum absolute atomic E-state index is 0.00619. The van der Waals surface area contributed by atoms with Crippen LogP contribution in [0.4, 0.5) is 5.69 Å². The van der Waals surface area contributed by atoms with Gasteiger partial charge in [0.25, 0.3) is 11.2 Å². The highest BCUT2D eigenvalue weighted by atomic mass is 32.1. The van der Waals surface area contributed by atoms with Crippen molar-refractivity contribution < 1.29 is 33.4 Å². The van der Waals surface area contributed by atoms with Crippen LogP contribution in [0, 0.1) is 10.1 Å². The van der Waals surface area contributed by atoms with Crippen molar-refractivity contribution in [2.24, 2.45) is 4.99 Å². The molecule has 0 unspecified atom stereocenters. The summed E-state index contributed by atoms with van der Waals surface area (Å²) in [5.74, 6) is 1.40. The summed E-state index contributed by atoms with van der Waals surface area (Å²) in [6.45, 7) is 10.8. The zero-order chi connectivity index (χ0) is 35.8. The Balaban J connectivity index is 1.58. The Bertz CT molecular complexity index is 2120. The second-order valence-electron chi connectivity index (χ2n) is 10.9. The molecule has 0 amide bonds. The molecule has 0 fully saturated rings.